The zero-order valence-corrected chi connectivity index (χ0v) is 19.5. The second-order valence-corrected chi connectivity index (χ2v) is 8.33. The van der Waals surface area contributed by atoms with Crippen LogP contribution in [0.1, 0.15) is 25.1 Å². The number of hydrogen-bond donors (Lipinski definition) is 1. The summed E-state index contributed by atoms with van der Waals surface area (Å²) in [6, 6.07) is 12.0. The highest BCUT2D eigenvalue weighted by atomic mass is 19.1. The Hall–Kier alpha value is -2.81. The van der Waals surface area contributed by atoms with Gasteiger partial charge < -0.3 is 14.6 Å². The molecular weight excluding hydrogens is 428 g/mol. The van der Waals surface area contributed by atoms with E-state index in [2.05, 4.69) is 10.00 Å². The number of aryl methyl sites for hydroxylation is 1. The predicted octanol–water partition coefficient (Wildman–Crippen LogP) is 4.72. The van der Waals surface area contributed by atoms with Gasteiger partial charge in [-0.25, -0.2) is 13.5 Å². The van der Waals surface area contributed by atoms with Crippen molar-refractivity contribution in [1.82, 2.24) is 14.7 Å². The lowest BCUT2D eigenvalue weighted by Crippen LogP contribution is -2.36. The molecule has 0 radical (unpaired) electrons. The van der Waals surface area contributed by atoms with Gasteiger partial charge in [0.15, 0.2) is 11.6 Å². The Morgan fingerprint density at radius 1 is 1.09 bits per heavy atom. The minimum Gasteiger partial charge on any atom is -0.435 e. The van der Waals surface area contributed by atoms with Crippen LogP contribution in [0, 0.1) is 24.5 Å². The SMILES string of the molecule is COCCN(Cc1c(C)nn(-c2ccc(F)cc2)c1Oc1ccccc1F)CC(O)C(C)C. The maximum atomic E-state index is 14.4. The molecule has 0 saturated heterocycles. The molecule has 0 bridgehead atoms. The average molecular weight is 460 g/mol. The molecule has 1 heterocycles. The van der Waals surface area contributed by atoms with Crippen molar-refractivity contribution in [2.75, 3.05) is 26.8 Å². The van der Waals surface area contributed by atoms with Crippen LogP contribution in [0.25, 0.3) is 5.69 Å². The summed E-state index contributed by atoms with van der Waals surface area (Å²) in [5.41, 5.74) is 2.02. The molecule has 1 unspecified atom stereocenters. The molecule has 1 aromatic heterocycles. The zero-order valence-electron chi connectivity index (χ0n) is 19.5. The van der Waals surface area contributed by atoms with E-state index in [9.17, 15) is 13.9 Å². The van der Waals surface area contributed by atoms with Gasteiger partial charge in [0.2, 0.25) is 5.88 Å². The number of hydrogen-bond acceptors (Lipinski definition) is 5. The lowest BCUT2D eigenvalue weighted by Gasteiger charge is -2.26. The first kappa shape index (κ1) is 24.8. The van der Waals surface area contributed by atoms with Gasteiger partial charge in [-0.15, -0.1) is 0 Å². The van der Waals surface area contributed by atoms with E-state index >= 15 is 0 Å². The fourth-order valence-electron chi connectivity index (χ4n) is 3.37. The summed E-state index contributed by atoms with van der Waals surface area (Å²) in [5.74, 6) is -0.377. The fourth-order valence-corrected chi connectivity index (χ4v) is 3.37. The highest BCUT2D eigenvalue weighted by molar-refractivity contribution is 5.43. The summed E-state index contributed by atoms with van der Waals surface area (Å²) < 4.78 is 40.8. The van der Waals surface area contributed by atoms with Crippen LogP contribution in [-0.4, -0.2) is 52.7 Å². The number of halogens is 2. The Balaban J connectivity index is 2.03. The Kier molecular flexibility index (Phi) is 8.55. The van der Waals surface area contributed by atoms with E-state index in [1.165, 1.54) is 18.2 Å². The molecule has 2 aromatic carbocycles. The molecule has 33 heavy (non-hydrogen) atoms. The second kappa shape index (κ2) is 11.4. The van der Waals surface area contributed by atoms with Gasteiger partial charge in [0.25, 0.3) is 0 Å². The molecule has 1 atom stereocenters. The van der Waals surface area contributed by atoms with E-state index in [4.69, 9.17) is 9.47 Å². The third kappa shape index (κ3) is 6.37. The fraction of sp³-hybridized carbons (Fsp3) is 0.400. The largest absolute Gasteiger partial charge is 0.435 e. The smallest absolute Gasteiger partial charge is 0.227 e. The molecule has 0 aliphatic rings. The summed E-state index contributed by atoms with van der Waals surface area (Å²) >= 11 is 0. The van der Waals surface area contributed by atoms with Gasteiger partial charge in [-0.2, -0.15) is 5.10 Å². The number of rotatable bonds is 11. The van der Waals surface area contributed by atoms with E-state index in [1.807, 2.05) is 20.8 Å². The van der Waals surface area contributed by atoms with Crippen molar-refractivity contribution in [3.05, 3.63) is 71.4 Å². The minimum atomic E-state index is -0.523. The molecule has 0 aliphatic heterocycles. The first-order valence-corrected chi connectivity index (χ1v) is 11.0. The summed E-state index contributed by atoms with van der Waals surface area (Å²) in [6.45, 7) is 7.68. The van der Waals surface area contributed by atoms with Crippen LogP contribution in [-0.2, 0) is 11.3 Å². The number of nitrogens with zero attached hydrogens (tertiary/aromatic N) is 3. The van der Waals surface area contributed by atoms with Gasteiger partial charge in [-0.3, -0.25) is 4.90 Å². The van der Waals surface area contributed by atoms with E-state index in [1.54, 1.807) is 42.1 Å². The maximum Gasteiger partial charge on any atom is 0.227 e. The van der Waals surface area contributed by atoms with E-state index < -0.39 is 11.9 Å². The van der Waals surface area contributed by atoms with Crippen LogP contribution in [0.3, 0.4) is 0 Å². The van der Waals surface area contributed by atoms with Gasteiger partial charge in [0.05, 0.1) is 29.7 Å². The summed E-state index contributed by atoms with van der Waals surface area (Å²) in [4.78, 5) is 2.06. The molecule has 178 valence electrons. The average Bonchev–Trinajstić information content (AvgIpc) is 3.09. The van der Waals surface area contributed by atoms with Gasteiger partial charge in [0.1, 0.15) is 5.82 Å². The summed E-state index contributed by atoms with van der Waals surface area (Å²) in [5, 5.41) is 15.1. The highest BCUT2D eigenvalue weighted by Crippen LogP contribution is 2.33. The highest BCUT2D eigenvalue weighted by Gasteiger charge is 2.24. The van der Waals surface area contributed by atoms with Crippen molar-refractivity contribution in [3.63, 3.8) is 0 Å². The lowest BCUT2D eigenvalue weighted by atomic mass is 10.1. The van der Waals surface area contributed by atoms with Crippen molar-refractivity contribution in [1.29, 1.82) is 0 Å². The Morgan fingerprint density at radius 3 is 2.42 bits per heavy atom. The topological polar surface area (TPSA) is 59.8 Å². The predicted molar refractivity (Wildman–Crippen MR) is 123 cm³/mol. The van der Waals surface area contributed by atoms with Crippen molar-refractivity contribution < 1.29 is 23.4 Å². The third-order valence-corrected chi connectivity index (χ3v) is 5.46. The third-order valence-electron chi connectivity index (χ3n) is 5.46. The van der Waals surface area contributed by atoms with Crippen LogP contribution in [0.5, 0.6) is 11.6 Å². The standard InChI is InChI=1S/C25H31F2N3O3/c1-17(2)23(31)16-29(13-14-32-4)15-21-18(3)28-30(20-11-9-19(26)10-12-20)25(21)33-24-8-6-5-7-22(24)27/h5-12,17,23,31H,13-16H2,1-4H3. The van der Waals surface area contributed by atoms with E-state index in [-0.39, 0.29) is 17.5 Å². The zero-order chi connectivity index (χ0) is 24.0. The molecule has 3 rings (SSSR count). The van der Waals surface area contributed by atoms with Crippen LogP contribution in [0.4, 0.5) is 8.78 Å². The second-order valence-electron chi connectivity index (χ2n) is 8.33. The molecule has 8 heteroatoms. The first-order valence-electron chi connectivity index (χ1n) is 11.0. The molecule has 0 saturated carbocycles. The van der Waals surface area contributed by atoms with Gasteiger partial charge in [0, 0.05) is 26.7 Å². The van der Waals surface area contributed by atoms with Crippen LogP contribution < -0.4 is 4.74 Å². The Morgan fingerprint density at radius 2 is 1.79 bits per heavy atom. The number of aromatic nitrogens is 2. The van der Waals surface area contributed by atoms with Gasteiger partial charge >= 0.3 is 0 Å². The van der Waals surface area contributed by atoms with Gasteiger partial charge in [-0.1, -0.05) is 26.0 Å². The quantitative estimate of drug-likeness (QED) is 0.450. The number of benzene rings is 2. The number of aliphatic hydroxyl groups excluding tert-OH is 1. The first-order chi connectivity index (χ1) is 15.8. The number of para-hydroxylation sites is 1. The van der Waals surface area contributed by atoms with E-state index in [0.717, 1.165) is 5.56 Å². The number of ether oxygens (including phenoxy) is 2. The van der Waals surface area contributed by atoms with Crippen molar-refractivity contribution in [3.8, 4) is 17.3 Å². The number of methoxy groups -OCH3 is 1. The molecule has 6 nitrogen and oxygen atoms in total. The number of aliphatic hydroxyl groups is 1. The van der Waals surface area contributed by atoms with Crippen LogP contribution in [0.15, 0.2) is 48.5 Å². The molecule has 0 fully saturated rings. The van der Waals surface area contributed by atoms with Crippen molar-refractivity contribution >= 4 is 0 Å². The Bertz CT molecular complexity index is 1040. The molecule has 0 spiro atoms. The maximum absolute atomic E-state index is 14.4. The van der Waals surface area contributed by atoms with E-state index in [0.29, 0.717) is 43.5 Å². The Labute approximate surface area is 193 Å². The van der Waals surface area contributed by atoms with Crippen LogP contribution in [0.2, 0.25) is 0 Å². The van der Waals surface area contributed by atoms with Gasteiger partial charge in [-0.05, 0) is 49.2 Å². The molecular formula is C25H31F2N3O3. The molecule has 0 amide bonds. The molecule has 3 aromatic rings. The molecule has 1 N–H and O–H groups in total. The summed E-state index contributed by atoms with van der Waals surface area (Å²) in [7, 11) is 1.63. The monoisotopic (exact) mass is 459 g/mol. The summed E-state index contributed by atoms with van der Waals surface area (Å²) in [6.07, 6.45) is -0.523. The molecule has 0 aliphatic carbocycles. The van der Waals surface area contributed by atoms with Crippen molar-refractivity contribution in [2.45, 2.75) is 33.4 Å². The van der Waals surface area contributed by atoms with Crippen LogP contribution >= 0.6 is 0 Å². The lowest BCUT2D eigenvalue weighted by molar-refractivity contribution is 0.0588. The normalized spacial score (nSPS) is 12.5. The minimum absolute atomic E-state index is 0.0627. The van der Waals surface area contributed by atoms with Crippen molar-refractivity contribution in [2.24, 2.45) is 5.92 Å².